The lowest BCUT2D eigenvalue weighted by Gasteiger charge is -2.08. The Morgan fingerprint density at radius 3 is 2.94 bits per heavy atom. The first kappa shape index (κ1) is 10.6. The van der Waals surface area contributed by atoms with E-state index in [1.54, 1.807) is 13.0 Å². The highest BCUT2D eigenvalue weighted by atomic mass is 16.4. The lowest BCUT2D eigenvalue weighted by Crippen LogP contribution is -2.24. The maximum absolute atomic E-state index is 12.3. The molecule has 0 saturated carbocycles. The number of fused-ring (bicyclic) bond motifs is 1. The van der Waals surface area contributed by atoms with Crippen molar-refractivity contribution in [2.45, 2.75) is 13.5 Å². The molecule has 18 heavy (non-hydrogen) atoms. The van der Waals surface area contributed by atoms with Crippen LogP contribution in [0, 0.1) is 6.92 Å². The minimum atomic E-state index is -0.101. The van der Waals surface area contributed by atoms with Gasteiger partial charge in [0.15, 0.2) is 0 Å². The molecule has 0 fully saturated rings. The molecule has 0 N–H and O–H groups in total. The maximum atomic E-state index is 12.3. The average Bonchev–Trinajstić information content (AvgIpc) is 2.87. The minimum Gasteiger partial charge on any atom is -0.426 e. The SMILES string of the molecule is Cc1nc2ccccc2c(=O)n1Cc1nnco1. The molecule has 0 atom stereocenters. The number of benzene rings is 1. The van der Waals surface area contributed by atoms with Crippen LogP contribution in [0.4, 0.5) is 0 Å². The van der Waals surface area contributed by atoms with Crippen molar-refractivity contribution in [3.05, 3.63) is 52.7 Å². The maximum Gasteiger partial charge on any atom is 0.261 e. The molecule has 1 aromatic carbocycles. The van der Waals surface area contributed by atoms with Gasteiger partial charge < -0.3 is 4.42 Å². The molecule has 3 aromatic rings. The van der Waals surface area contributed by atoms with E-state index in [-0.39, 0.29) is 12.1 Å². The third-order valence-electron chi connectivity index (χ3n) is 2.75. The second-order valence-electron chi connectivity index (χ2n) is 3.90. The van der Waals surface area contributed by atoms with Gasteiger partial charge in [0.1, 0.15) is 12.4 Å². The van der Waals surface area contributed by atoms with Crippen LogP contribution in [0.25, 0.3) is 10.9 Å². The number of nitrogens with zero attached hydrogens (tertiary/aromatic N) is 4. The van der Waals surface area contributed by atoms with E-state index < -0.39 is 0 Å². The zero-order valence-electron chi connectivity index (χ0n) is 9.70. The predicted molar refractivity (Wildman–Crippen MR) is 64.1 cm³/mol. The summed E-state index contributed by atoms with van der Waals surface area (Å²) in [5.41, 5.74) is 0.595. The molecule has 0 bridgehead atoms. The fourth-order valence-corrected chi connectivity index (χ4v) is 1.87. The molecule has 0 unspecified atom stereocenters. The van der Waals surface area contributed by atoms with Gasteiger partial charge in [-0.25, -0.2) is 4.98 Å². The Balaban J connectivity index is 2.20. The molecular weight excluding hydrogens is 232 g/mol. The lowest BCUT2D eigenvalue weighted by molar-refractivity contribution is 0.469. The second-order valence-corrected chi connectivity index (χ2v) is 3.90. The molecule has 6 nitrogen and oxygen atoms in total. The van der Waals surface area contributed by atoms with E-state index in [9.17, 15) is 4.79 Å². The second kappa shape index (κ2) is 4.06. The van der Waals surface area contributed by atoms with Gasteiger partial charge in [-0.2, -0.15) is 0 Å². The molecule has 0 aliphatic carbocycles. The minimum absolute atomic E-state index is 0.101. The molecule has 2 heterocycles. The van der Waals surface area contributed by atoms with Crippen LogP contribution in [-0.4, -0.2) is 19.7 Å². The van der Waals surface area contributed by atoms with Crippen molar-refractivity contribution in [1.29, 1.82) is 0 Å². The van der Waals surface area contributed by atoms with Gasteiger partial charge in [-0.15, -0.1) is 10.2 Å². The Kier molecular flexibility index (Phi) is 2.40. The van der Waals surface area contributed by atoms with Crippen LogP contribution in [0.15, 0.2) is 39.9 Å². The van der Waals surface area contributed by atoms with Crippen molar-refractivity contribution in [3.63, 3.8) is 0 Å². The number of hydrogen-bond acceptors (Lipinski definition) is 5. The number of hydrogen-bond donors (Lipinski definition) is 0. The standard InChI is InChI=1S/C12H10N4O2/c1-8-14-10-5-3-2-4-9(10)12(17)16(8)6-11-15-13-7-18-11/h2-5,7H,6H2,1H3. The van der Waals surface area contributed by atoms with Gasteiger partial charge in [0.2, 0.25) is 12.3 Å². The molecule has 0 spiro atoms. The highest BCUT2D eigenvalue weighted by Gasteiger charge is 2.10. The Labute approximate surface area is 102 Å². The van der Waals surface area contributed by atoms with Crippen LogP contribution >= 0.6 is 0 Å². The monoisotopic (exact) mass is 242 g/mol. The Hall–Kier alpha value is -2.50. The highest BCUT2D eigenvalue weighted by molar-refractivity contribution is 5.77. The Morgan fingerprint density at radius 1 is 1.33 bits per heavy atom. The van der Waals surface area contributed by atoms with E-state index in [1.165, 1.54) is 11.0 Å². The van der Waals surface area contributed by atoms with Crippen LogP contribution in [0.1, 0.15) is 11.7 Å². The summed E-state index contributed by atoms with van der Waals surface area (Å²) in [7, 11) is 0. The number of aromatic nitrogens is 4. The zero-order chi connectivity index (χ0) is 12.5. The Morgan fingerprint density at radius 2 is 2.17 bits per heavy atom. The summed E-state index contributed by atoms with van der Waals surface area (Å²) in [4.78, 5) is 16.7. The first-order valence-corrected chi connectivity index (χ1v) is 5.47. The molecule has 0 saturated heterocycles. The predicted octanol–water partition coefficient (Wildman–Crippen LogP) is 1.14. The number of aryl methyl sites for hydroxylation is 1. The van der Waals surface area contributed by atoms with Crippen molar-refractivity contribution in [2.24, 2.45) is 0 Å². The van der Waals surface area contributed by atoms with Gasteiger partial charge in [0.05, 0.1) is 10.9 Å². The summed E-state index contributed by atoms with van der Waals surface area (Å²) in [6.07, 6.45) is 1.24. The Bertz CT molecular complexity index is 746. The normalized spacial score (nSPS) is 10.9. The molecular formula is C12H10N4O2. The molecule has 0 aliphatic rings. The largest absolute Gasteiger partial charge is 0.426 e. The van der Waals surface area contributed by atoms with E-state index in [2.05, 4.69) is 15.2 Å². The van der Waals surface area contributed by atoms with E-state index in [4.69, 9.17) is 4.42 Å². The third kappa shape index (κ3) is 1.67. The zero-order valence-corrected chi connectivity index (χ0v) is 9.70. The fourth-order valence-electron chi connectivity index (χ4n) is 1.87. The van der Waals surface area contributed by atoms with E-state index >= 15 is 0 Å². The van der Waals surface area contributed by atoms with E-state index in [1.807, 2.05) is 18.2 Å². The van der Waals surface area contributed by atoms with Crippen LogP contribution in [0.5, 0.6) is 0 Å². The van der Waals surface area contributed by atoms with Crippen molar-refractivity contribution >= 4 is 10.9 Å². The first-order chi connectivity index (χ1) is 8.75. The van der Waals surface area contributed by atoms with Crippen molar-refractivity contribution in [3.8, 4) is 0 Å². The van der Waals surface area contributed by atoms with Crippen molar-refractivity contribution in [2.75, 3.05) is 0 Å². The molecule has 0 aliphatic heterocycles. The van der Waals surface area contributed by atoms with Gasteiger partial charge in [0.25, 0.3) is 5.56 Å². The molecule has 0 amide bonds. The molecule has 3 rings (SSSR count). The number of para-hydroxylation sites is 1. The molecule has 90 valence electrons. The third-order valence-corrected chi connectivity index (χ3v) is 2.75. The van der Waals surface area contributed by atoms with Crippen molar-refractivity contribution in [1.82, 2.24) is 19.7 Å². The van der Waals surface area contributed by atoms with Gasteiger partial charge in [-0.3, -0.25) is 9.36 Å². The first-order valence-electron chi connectivity index (χ1n) is 5.47. The average molecular weight is 242 g/mol. The van der Waals surface area contributed by atoms with E-state index in [0.29, 0.717) is 22.6 Å². The summed E-state index contributed by atoms with van der Waals surface area (Å²) in [6, 6.07) is 7.25. The molecule has 0 radical (unpaired) electrons. The van der Waals surface area contributed by atoms with Crippen molar-refractivity contribution < 1.29 is 4.42 Å². The lowest BCUT2D eigenvalue weighted by atomic mass is 10.2. The quantitative estimate of drug-likeness (QED) is 0.673. The van der Waals surface area contributed by atoms with Crippen LogP contribution in [-0.2, 0) is 6.54 Å². The van der Waals surface area contributed by atoms with E-state index in [0.717, 1.165) is 0 Å². The highest BCUT2D eigenvalue weighted by Crippen LogP contribution is 2.08. The summed E-state index contributed by atoms with van der Waals surface area (Å²) in [5, 5.41) is 7.94. The molecule has 2 aromatic heterocycles. The molecule has 6 heteroatoms. The van der Waals surface area contributed by atoms with Crippen LogP contribution in [0.3, 0.4) is 0 Å². The summed E-state index contributed by atoms with van der Waals surface area (Å²) in [5.74, 6) is 1.01. The van der Waals surface area contributed by atoms with Gasteiger partial charge in [-0.05, 0) is 19.1 Å². The fraction of sp³-hybridized carbons (Fsp3) is 0.167. The smallest absolute Gasteiger partial charge is 0.261 e. The van der Waals surface area contributed by atoms with Crippen LogP contribution in [0.2, 0.25) is 0 Å². The number of rotatable bonds is 2. The van der Waals surface area contributed by atoms with Gasteiger partial charge in [-0.1, -0.05) is 12.1 Å². The van der Waals surface area contributed by atoms with Gasteiger partial charge in [0, 0.05) is 0 Å². The summed E-state index contributed by atoms with van der Waals surface area (Å²) >= 11 is 0. The summed E-state index contributed by atoms with van der Waals surface area (Å²) < 4.78 is 6.57. The van der Waals surface area contributed by atoms with Gasteiger partial charge >= 0.3 is 0 Å². The summed E-state index contributed by atoms with van der Waals surface area (Å²) in [6.45, 7) is 2.02. The topological polar surface area (TPSA) is 73.8 Å². The van der Waals surface area contributed by atoms with Crippen LogP contribution < -0.4 is 5.56 Å².